The average Bonchev–Trinajstić information content (AvgIpc) is 2.76. The molecule has 1 aromatic rings. The minimum absolute atomic E-state index is 0.117. The van der Waals surface area contributed by atoms with Gasteiger partial charge in [-0.1, -0.05) is 19.1 Å². The van der Waals surface area contributed by atoms with Crippen LogP contribution < -0.4 is 4.72 Å². The molecule has 1 aliphatic rings. The zero-order valence-electron chi connectivity index (χ0n) is 12.4. The van der Waals surface area contributed by atoms with Crippen molar-refractivity contribution in [2.75, 3.05) is 26.7 Å². The first-order valence-corrected chi connectivity index (χ1v) is 8.36. The Labute approximate surface area is 128 Å². The van der Waals surface area contributed by atoms with Crippen molar-refractivity contribution >= 4 is 10.0 Å². The van der Waals surface area contributed by atoms with Gasteiger partial charge in [0, 0.05) is 13.1 Å². The van der Waals surface area contributed by atoms with E-state index >= 15 is 0 Å². The number of hydrogen-bond donors (Lipinski definition) is 1. The quantitative estimate of drug-likeness (QED) is 0.918. The molecule has 0 aliphatic carbocycles. The Morgan fingerprint density at radius 2 is 1.95 bits per heavy atom. The van der Waals surface area contributed by atoms with Crippen LogP contribution in [0.15, 0.2) is 29.2 Å². The first-order valence-electron chi connectivity index (χ1n) is 6.88. The third-order valence-corrected chi connectivity index (χ3v) is 5.38. The standard InChI is InChI=1S/C14H19F3N2O2S/c1-13(7-8-19(2)10-13)9-18-22(20,21)12-6-4-3-5-11(12)14(15,16)17/h3-6,18H,7-10H2,1-2H3/t13-/m0/s1. The Bertz CT molecular complexity index is 646. The van der Waals surface area contributed by atoms with Crippen LogP contribution in [0.4, 0.5) is 13.2 Å². The lowest BCUT2D eigenvalue weighted by atomic mass is 9.90. The van der Waals surface area contributed by atoms with Crippen molar-refractivity contribution in [3.05, 3.63) is 29.8 Å². The number of halogens is 3. The van der Waals surface area contributed by atoms with Gasteiger partial charge in [0.25, 0.3) is 0 Å². The summed E-state index contributed by atoms with van der Waals surface area (Å²) >= 11 is 0. The highest BCUT2D eigenvalue weighted by molar-refractivity contribution is 7.89. The maximum Gasteiger partial charge on any atom is 0.417 e. The summed E-state index contributed by atoms with van der Waals surface area (Å²) in [5.41, 5.74) is -1.41. The maximum atomic E-state index is 12.9. The van der Waals surface area contributed by atoms with E-state index < -0.39 is 26.7 Å². The first-order chi connectivity index (χ1) is 10.0. The van der Waals surface area contributed by atoms with Gasteiger partial charge >= 0.3 is 6.18 Å². The maximum absolute atomic E-state index is 12.9. The molecule has 0 saturated carbocycles. The van der Waals surface area contributed by atoms with Crippen LogP contribution >= 0.6 is 0 Å². The van der Waals surface area contributed by atoms with Crippen LogP contribution in [0.3, 0.4) is 0 Å². The summed E-state index contributed by atoms with van der Waals surface area (Å²) < 4.78 is 65.7. The van der Waals surface area contributed by atoms with Crippen LogP contribution in [0.2, 0.25) is 0 Å². The lowest BCUT2D eigenvalue weighted by Gasteiger charge is -2.24. The summed E-state index contributed by atoms with van der Waals surface area (Å²) in [4.78, 5) is 1.34. The fourth-order valence-electron chi connectivity index (χ4n) is 2.70. The van der Waals surface area contributed by atoms with E-state index in [4.69, 9.17) is 0 Å². The van der Waals surface area contributed by atoms with Gasteiger partial charge in [0.15, 0.2) is 0 Å². The lowest BCUT2D eigenvalue weighted by molar-refractivity contribution is -0.139. The molecular weight excluding hydrogens is 317 g/mol. The van der Waals surface area contributed by atoms with Gasteiger partial charge < -0.3 is 4.90 Å². The van der Waals surface area contributed by atoms with Crippen LogP contribution in [0.5, 0.6) is 0 Å². The molecule has 1 aromatic carbocycles. The van der Waals surface area contributed by atoms with Crippen molar-refractivity contribution in [1.82, 2.24) is 9.62 Å². The third kappa shape index (κ3) is 3.80. The minimum atomic E-state index is -4.71. The molecule has 0 spiro atoms. The molecule has 0 aromatic heterocycles. The Kier molecular flexibility index (Phi) is 4.56. The van der Waals surface area contributed by atoms with E-state index in [1.54, 1.807) is 0 Å². The Morgan fingerprint density at radius 1 is 1.32 bits per heavy atom. The first kappa shape index (κ1) is 17.2. The molecule has 4 nitrogen and oxygen atoms in total. The smallest absolute Gasteiger partial charge is 0.306 e. The molecule has 22 heavy (non-hydrogen) atoms. The molecule has 0 unspecified atom stereocenters. The van der Waals surface area contributed by atoms with E-state index in [2.05, 4.69) is 9.62 Å². The number of likely N-dealkylation sites (tertiary alicyclic amines) is 1. The van der Waals surface area contributed by atoms with Gasteiger partial charge in [-0.25, -0.2) is 13.1 Å². The summed E-state index contributed by atoms with van der Waals surface area (Å²) in [6.07, 6.45) is -3.91. The Morgan fingerprint density at radius 3 is 2.50 bits per heavy atom. The second-order valence-corrected chi connectivity index (χ2v) is 7.85. The van der Waals surface area contributed by atoms with E-state index in [0.29, 0.717) is 6.54 Å². The van der Waals surface area contributed by atoms with Gasteiger partial charge in [-0.2, -0.15) is 13.2 Å². The molecule has 0 amide bonds. The largest absolute Gasteiger partial charge is 0.417 e. The van der Waals surface area contributed by atoms with Crippen molar-refractivity contribution in [3.63, 3.8) is 0 Å². The van der Waals surface area contributed by atoms with Crippen molar-refractivity contribution in [2.45, 2.75) is 24.4 Å². The Hall–Kier alpha value is -1.12. The summed E-state index contributed by atoms with van der Waals surface area (Å²) in [6.45, 7) is 3.59. The van der Waals surface area contributed by atoms with E-state index in [0.717, 1.165) is 25.1 Å². The highest BCUT2D eigenvalue weighted by Gasteiger charge is 2.38. The minimum Gasteiger partial charge on any atom is -0.306 e. The van der Waals surface area contributed by atoms with E-state index in [9.17, 15) is 21.6 Å². The van der Waals surface area contributed by atoms with Crippen molar-refractivity contribution < 1.29 is 21.6 Å². The van der Waals surface area contributed by atoms with Gasteiger partial charge in [-0.15, -0.1) is 0 Å². The number of rotatable bonds is 4. The normalized spacial score (nSPS) is 23.9. The molecule has 1 atom stereocenters. The zero-order chi connectivity index (χ0) is 16.6. The molecule has 1 N–H and O–H groups in total. The number of hydrogen-bond acceptors (Lipinski definition) is 3. The summed E-state index contributed by atoms with van der Waals surface area (Å²) in [7, 11) is -2.28. The van der Waals surface area contributed by atoms with Crippen LogP contribution in [0, 0.1) is 5.41 Å². The van der Waals surface area contributed by atoms with Crippen molar-refractivity contribution in [1.29, 1.82) is 0 Å². The van der Waals surface area contributed by atoms with Gasteiger partial charge in [0.1, 0.15) is 0 Å². The molecule has 1 heterocycles. The number of nitrogens with zero attached hydrogens (tertiary/aromatic N) is 1. The second kappa shape index (κ2) is 5.82. The van der Waals surface area contributed by atoms with Crippen molar-refractivity contribution in [3.8, 4) is 0 Å². The van der Waals surface area contributed by atoms with Gasteiger partial charge in [-0.05, 0) is 37.6 Å². The summed E-state index contributed by atoms with van der Waals surface area (Å²) in [5.74, 6) is 0. The second-order valence-electron chi connectivity index (χ2n) is 6.12. The van der Waals surface area contributed by atoms with Crippen LogP contribution in [-0.4, -0.2) is 40.0 Å². The molecule has 0 bridgehead atoms. The SMILES string of the molecule is CN1CC[C@@](C)(CNS(=O)(=O)c2ccccc2C(F)(F)F)C1. The molecular formula is C14H19F3N2O2S. The number of benzene rings is 1. The van der Waals surface area contributed by atoms with E-state index in [-0.39, 0.29) is 12.0 Å². The lowest BCUT2D eigenvalue weighted by Crippen LogP contribution is -2.37. The fourth-order valence-corrected chi connectivity index (χ4v) is 4.12. The summed E-state index contributed by atoms with van der Waals surface area (Å²) in [5, 5.41) is 0. The molecule has 124 valence electrons. The predicted octanol–water partition coefficient (Wildman–Crippen LogP) is 2.33. The van der Waals surface area contributed by atoms with E-state index in [1.807, 2.05) is 14.0 Å². The predicted molar refractivity (Wildman–Crippen MR) is 76.9 cm³/mol. The highest BCUT2D eigenvalue weighted by atomic mass is 32.2. The van der Waals surface area contributed by atoms with Gasteiger partial charge in [0.05, 0.1) is 10.5 Å². The fraction of sp³-hybridized carbons (Fsp3) is 0.571. The van der Waals surface area contributed by atoms with E-state index in [1.165, 1.54) is 12.1 Å². The van der Waals surface area contributed by atoms with Crippen LogP contribution in [-0.2, 0) is 16.2 Å². The van der Waals surface area contributed by atoms with Crippen LogP contribution in [0.25, 0.3) is 0 Å². The Balaban J connectivity index is 2.22. The highest BCUT2D eigenvalue weighted by Crippen LogP contribution is 2.34. The topological polar surface area (TPSA) is 49.4 Å². The third-order valence-electron chi connectivity index (χ3n) is 3.92. The molecule has 2 rings (SSSR count). The van der Waals surface area contributed by atoms with Crippen LogP contribution in [0.1, 0.15) is 18.9 Å². The van der Waals surface area contributed by atoms with Gasteiger partial charge in [-0.3, -0.25) is 0 Å². The number of sulfonamides is 1. The number of nitrogens with one attached hydrogen (secondary N) is 1. The molecule has 1 fully saturated rings. The monoisotopic (exact) mass is 336 g/mol. The molecule has 1 aliphatic heterocycles. The summed E-state index contributed by atoms with van der Waals surface area (Å²) in [6, 6.07) is 4.22. The zero-order valence-corrected chi connectivity index (χ0v) is 13.3. The van der Waals surface area contributed by atoms with Crippen molar-refractivity contribution in [2.24, 2.45) is 5.41 Å². The molecule has 1 saturated heterocycles. The van der Waals surface area contributed by atoms with Gasteiger partial charge in [0.2, 0.25) is 10.0 Å². The molecule has 0 radical (unpaired) electrons. The average molecular weight is 336 g/mol. The number of alkyl halides is 3. The molecule has 8 heteroatoms.